The van der Waals surface area contributed by atoms with Crippen molar-refractivity contribution < 1.29 is 4.79 Å². The van der Waals surface area contributed by atoms with Gasteiger partial charge in [0.1, 0.15) is 0 Å². The van der Waals surface area contributed by atoms with Crippen LogP contribution in [0.15, 0.2) is 0 Å². The highest BCUT2D eigenvalue weighted by molar-refractivity contribution is 5.76. The summed E-state index contributed by atoms with van der Waals surface area (Å²) in [6, 6.07) is 2.82. The summed E-state index contributed by atoms with van der Waals surface area (Å²) in [6.45, 7) is 2.62. The standard InChI is InChI=1S/C16H27N3O/c1-18(11-5-10-17)16(20)9-13-19-12-4-8-15(19)14-6-2-3-7-14/h14-15H,2-9,11-13H2,1H3. The minimum Gasteiger partial charge on any atom is -0.345 e. The van der Waals surface area contributed by atoms with Gasteiger partial charge in [-0.1, -0.05) is 12.8 Å². The van der Waals surface area contributed by atoms with Crippen LogP contribution in [0.5, 0.6) is 0 Å². The third-order valence-electron chi connectivity index (χ3n) is 4.96. The van der Waals surface area contributed by atoms with Crippen LogP contribution >= 0.6 is 0 Å². The van der Waals surface area contributed by atoms with Crippen LogP contribution in [0.3, 0.4) is 0 Å². The molecule has 1 amide bonds. The van der Waals surface area contributed by atoms with Gasteiger partial charge in [-0.15, -0.1) is 0 Å². The number of carbonyl (C=O) groups excluding carboxylic acids is 1. The number of amides is 1. The molecule has 0 aromatic heterocycles. The van der Waals surface area contributed by atoms with E-state index in [-0.39, 0.29) is 5.91 Å². The van der Waals surface area contributed by atoms with E-state index in [0.717, 1.165) is 25.0 Å². The van der Waals surface area contributed by atoms with Gasteiger partial charge < -0.3 is 4.90 Å². The van der Waals surface area contributed by atoms with Gasteiger partial charge in [0.2, 0.25) is 5.91 Å². The smallest absolute Gasteiger partial charge is 0.223 e. The predicted molar refractivity (Wildman–Crippen MR) is 79.0 cm³/mol. The molecule has 0 N–H and O–H groups in total. The first kappa shape index (κ1) is 15.3. The van der Waals surface area contributed by atoms with Gasteiger partial charge in [-0.2, -0.15) is 5.26 Å². The van der Waals surface area contributed by atoms with Gasteiger partial charge in [0.25, 0.3) is 0 Å². The van der Waals surface area contributed by atoms with E-state index in [1.807, 2.05) is 0 Å². The van der Waals surface area contributed by atoms with Crippen LogP contribution in [0.1, 0.15) is 51.4 Å². The van der Waals surface area contributed by atoms with Crippen LogP contribution in [0.25, 0.3) is 0 Å². The van der Waals surface area contributed by atoms with E-state index in [2.05, 4.69) is 11.0 Å². The van der Waals surface area contributed by atoms with Crippen LogP contribution in [-0.4, -0.2) is 48.4 Å². The van der Waals surface area contributed by atoms with Crippen LogP contribution in [0.4, 0.5) is 0 Å². The summed E-state index contributed by atoms with van der Waals surface area (Å²) in [5.41, 5.74) is 0. The van der Waals surface area contributed by atoms with E-state index in [9.17, 15) is 4.79 Å². The molecule has 112 valence electrons. The average molecular weight is 277 g/mol. The molecule has 2 rings (SSSR count). The average Bonchev–Trinajstić information content (AvgIpc) is 3.11. The predicted octanol–water partition coefficient (Wildman–Crippen LogP) is 2.40. The highest BCUT2D eigenvalue weighted by Crippen LogP contribution is 2.35. The Morgan fingerprint density at radius 3 is 2.75 bits per heavy atom. The van der Waals surface area contributed by atoms with Gasteiger partial charge >= 0.3 is 0 Å². The van der Waals surface area contributed by atoms with E-state index in [1.165, 1.54) is 38.5 Å². The Labute approximate surface area is 122 Å². The van der Waals surface area contributed by atoms with Gasteiger partial charge in [0.15, 0.2) is 0 Å². The van der Waals surface area contributed by atoms with Crippen LogP contribution in [0, 0.1) is 17.2 Å². The lowest BCUT2D eigenvalue weighted by Gasteiger charge is -2.29. The molecule has 1 heterocycles. The molecule has 4 nitrogen and oxygen atoms in total. The molecule has 2 fully saturated rings. The van der Waals surface area contributed by atoms with Crippen molar-refractivity contribution in [2.75, 3.05) is 26.7 Å². The molecule has 1 saturated heterocycles. The van der Waals surface area contributed by atoms with E-state index >= 15 is 0 Å². The van der Waals surface area contributed by atoms with E-state index in [0.29, 0.717) is 19.4 Å². The maximum absolute atomic E-state index is 12.0. The highest BCUT2D eigenvalue weighted by atomic mass is 16.2. The minimum atomic E-state index is 0.178. The van der Waals surface area contributed by atoms with Crippen molar-refractivity contribution in [2.45, 2.75) is 57.4 Å². The van der Waals surface area contributed by atoms with Gasteiger partial charge in [0, 0.05) is 32.6 Å². The summed E-state index contributed by atoms with van der Waals surface area (Å²) in [5.74, 6) is 1.06. The van der Waals surface area contributed by atoms with Crippen molar-refractivity contribution >= 4 is 5.91 Å². The molecule has 0 bridgehead atoms. The van der Waals surface area contributed by atoms with Crippen molar-refractivity contribution in [1.29, 1.82) is 5.26 Å². The molecule has 1 saturated carbocycles. The number of hydrogen-bond donors (Lipinski definition) is 0. The lowest BCUT2D eigenvalue weighted by Crippen LogP contribution is -2.38. The third kappa shape index (κ3) is 3.96. The quantitative estimate of drug-likeness (QED) is 0.749. The van der Waals surface area contributed by atoms with Crippen LogP contribution in [-0.2, 0) is 4.79 Å². The normalized spacial score (nSPS) is 23.9. The number of rotatable bonds is 6. The molecular weight excluding hydrogens is 250 g/mol. The first-order chi connectivity index (χ1) is 9.72. The summed E-state index contributed by atoms with van der Waals surface area (Å²) in [4.78, 5) is 16.3. The first-order valence-electron chi connectivity index (χ1n) is 8.07. The number of hydrogen-bond acceptors (Lipinski definition) is 3. The molecule has 0 radical (unpaired) electrons. The molecule has 0 aromatic rings. The minimum absolute atomic E-state index is 0.178. The summed E-state index contributed by atoms with van der Waals surface area (Å²) in [7, 11) is 1.80. The van der Waals surface area contributed by atoms with Crippen molar-refractivity contribution in [3.63, 3.8) is 0 Å². The molecule has 2 aliphatic rings. The third-order valence-corrected chi connectivity index (χ3v) is 4.96. The monoisotopic (exact) mass is 277 g/mol. The van der Waals surface area contributed by atoms with E-state index in [1.54, 1.807) is 11.9 Å². The molecule has 4 heteroatoms. The Morgan fingerprint density at radius 2 is 2.05 bits per heavy atom. The molecule has 0 spiro atoms. The number of nitriles is 1. The van der Waals surface area contributed by atoms with Gasteiger partial charge in [0.05, 0.1) is 12.5 Å². The first-order valence-corrected chi connectivity index (χ1v) is 8.07. The summed E-state index contributed by atoms with van der Waals surface area (Å²) in [6.07, 6.45) is 9.20. The van der Waals surface area contributed by atoms with Crippen molar-refractivity contribution in [3.8, 4) is 6.07 Å². The second-order valence-electron chi connectivity index (χ2n) is 6.26. The van der Waals surface area contributed by atoms with Crippen LogP contribution in [0.2, 0.25) is 0 Å². The van der Waals surface area contributed by atoms with Crippen molar-refractivity contribution in [2.24, 2.45) is 5.92 Å². The fraction of sp³-hybridized carbons (Fsp3) is 0.875. The Hall–Kier alpha value is -1.08. The molecule has 1 unspecified atom stereocenters. The number of carbonyl (C=O) groups is 1. The topological polar surface area (TPSA) is 47.3 Å². The Bertz CT molecular complexity index is 357. The zero-order valence-electron chi connectivity index (χ0n) is 12.7. The molecular formula is C16H27N3O. The lowest BCUT2D eigenvalue weighted by atomic mass is 9.96. The summed E-state index contributed by atoms with van der Waals surface area (Å²) >= 11 is 0. The summed E-state index contributed by atoms with van der Waals surface area (Å²) < 4.78 is 0. The Morgan fingerprint density at radius 1 is 1.30 bits per heavy atom. The second-order valence-corrected chi connectivity index (χ2v) is 6.26. The maximum atomic E-state index is 12.0. The van der Waals surface area contributed by atoms with E-state index < -0.39 is 0 Å². The zero-order chi connectivity index (χ0) is 14.4. The van der Waals surface area contributed by atoms with Crippen molar-refractivity contribution in [3.05, 3.63) is 0 Å². The van der Waals surface area contributed by atoms with Gasteiger partial charge in [-0.3, -0.25) is 9.69 Å². The lowest BCUT2D eigenvalue weighted by molar-refractivity contribution is -0.130. The fourth-order valence-electron chi connectivity index (χ4n) is 3.78. The SMILES string of the molecule is CN(CCC#N)C(=O)CCN1CCCC1C1CCCC1. The molecule has 1 aliphatic carbocycles. The zero-order valence-corrected chi connectivity index (χ0v) is 12.7. The Kier molecular flexibility index (Phi) is 5.85. The van der Waals surface area contributed by atoms with Crippen LogP contribution < -0.4 is 0 Å². The highest BCUT2D eigenvalue weighted by Gasteiger charge is 2.33. The number of likely N-dealkylation sites (tertiary alicyclic amines) is 1. The van der Waals surface area contributed by atoms with Gasteiger partial charge in [-0.05, 0) is 38.1 Å². The number of nitrogens with zero attached hydrogens (tertiary/aromatic N) is 3. The van der Waals surface area contributed by atoms with E-state index in [4.69, 9.17) is 5.26 Å². The molecule has 1 aliphatic heterocycles. The molecule has 1 atom stereocenters. The second kappa shape index (κ2) is 7.64. The molecule has 0 aromatic carbocycles. The summed E-state index contributed by atoms with van der Waals surface area (Å²) in [5, 5.41) is 8.56. The van der Waals surface area contributed by atoms with Gasteiger partial charge in [-0.25, -0.2) is 0 Å². The van der Waals surface area contributed by atoms with Crippen molar-refractivity contribution in [1.82, 2.24) is 9.80 Å². The maximum Gasteiger partial charge on any atom is 0.223 e. The fourth-order valence-corrected chi connectivity index (χ4v) is 3.78. The Balaban J connectivity index is 1.75. The largest absolute Gasteiger partial charge is 0.345 e. The molecule has 20 heavy (non-hydrogen) atoms.